The molecule has 0 spiro atoms. The molecule has 0 aromatic rings. The topological polar surface area (TPSA) is 80.4 Å². The Balaban J connectivity index is 3.30. The Bertz CT molecular complexity index is 124. The predicted molar refractivity (Wildman–Crippen MR) is 35.5 cm³/mol. The highest BCUT2D eigenvalue weighted by molar-refractivity contribution is 5.73. The number of nitrogens with two attached hydrogens (primary N) is 1. The van der Waals surface area contributed by atoms with E-state index in [4.69, 9.17) is 10.8 Å². The van der Waals surface area contributed by atoms with E-state index >= 15 is 0 Å². The van der Waals surface area contributed by atoms with Gasteiger partial charge in [-0.15, -0.1) is 0 Å². The molecule has 0 aliphatic carbocycles. The zero-order valence-corrected chi connectivity index (χ0v) is 5.62. The average molecular weight is 145 g/mol. The first-order valence-electron chi connectivity index (χ1n) is 3.10. The lowest BCUT2D eigenvalue weighted by Crippen LogP contribution is -2.29. The number of carboxylic acid groups (broad SMARTS) is 1. The van der Waals surface area contributed by atoms with Crippen LogP contribution in [0.25, 0.3) is 0 Å². The van der Waals surface area contributed by atoms with Crippen molar-refractivity contribution in [3.63, 3.8) is 0 Å². The number of aldehydes is 1. The van der Waals surface area contributed by atoms with Gasteiger partial charge in [0.1, 0.15) is 12.3 Å². The molecule has 0 amide bonds. The van der Waals surface area contributed by atoms with Crippen molar-refractivity contribution in [1.29, 1.82) is 0 Å². The summed E-state index contributed by atoms with van der Waals surface area (Å²) in [6.07, 6.45) is 2.07. The van der Waals surface area contributed by atoms with Gasteiger partial charge in [0.15, 0.2) is 0 Å². The number of hydrogen-bond acceptors (Lipinski definition) is 3. The van der Waals surface area contributed by atoms with Crippen LogP contribution in [0.2, 0.25) is 0 Å². The van der Waals surface area contributed by atoms with Crippen LogP contribution in [0.1, 0.15) is 19.3 Å². The van der Waals surface area contributed by atoms with Crippen LogP contribution in [0, 0.1) is 0 Å². The molecule has 0 aromatic heterocycles. The molecule has 1 atom stereocenters. The van der Waals surface area contributed by atoms with Crippen LogP contribution in [0.4, 0.5) is 0 Å². The van der Waals surface area contributed by atoms with Gasteiger partial charge in [-0.3, -0.25) is 4.79 Å². The standard InChI is InChI=1S/C6H11NO3/c7-5(6(9)10)3-1-2-4-8/h4-5H,1-3,7H2,(H,9,10)/t5-/m0/s1. The molecule has 0 aliphatic heterocycles. The van der Waals surface area contributed by atoms with E-state index in [1.165, 1.54) is 0 Å². The zero-order valence-electron chi connectivity index (χ0n) is 5.62. The molecule has 0 fully saturated rings. The SMILES string of the molecule is N[C@@H](CCCC=O)C(=O)O. The van der Waals surface area contributed by atoms with Gasteiger partial charge in [-0.25, -0.2) is 0 Å². The Hall–Kier alpha value is -0.900. The van der Waals surface area contributed by atoms with Gasteiger partial charge >= 0.3 is 5.97 Å². The third-order valence-corrected chi connectivity index (χ3v) is 1.15. The minimum absolute atomic E-state index is 0.369. The molecule has 0 unspecified atom stereocenters. The highest BCUT2D eigenvalue weighted by atomic mass is 16.4. The summed E-state index contributed by atoms with van der Waals surface area (Å²) < 4.78 is 0. The number of unbranched alkanes of at least 4 members (excludes halogenated alkanes) is 1. The highest BCUT2D eigenvalue weighted by Crippen LogP contribution is 1.96. The summed E-state index contributed by atoms with van der Waals surface area (Å²) in [5.41, 5.74) is 5.14. The van der Waals surface area contributed by atoms with E-state index in [1.54, 1.807) is 0 Å². The van der Waals surface area contributed by atoms with Gasteiger partial charge in [0.05, 0.1) is 0 Å². The first kappa shape index (κ1) is 9.10. The van der Waals surface area contributed by atoms with E-state index in [9.17, 15) is 9.59 Å². The van der Waals surface area contributed by atoms with Crippen molar-refractivity contribution in [3.8, 4) is 0 Å². The second-order valence-electron chi connectivity index (χ2n) is 2.04. The molecular formula is C6H11NO3. The van der Waals surface area contributed by atoms with Gasteiger partial charge in [-0.05, 0) is 12.8 Å². The number of carbonyl (C=O) groups is 2. The summed E-state index contributed by atoms with van der Waals surface area (Å²) in [5, 5.41) is 8.27. The Kier molecular flexibility index (Phi) is 4.49. The lowest BCUT2D eigenvalue weighted by Gasteiger charge is -2.02. The van der Waals surface area contributed by atoms with E-state index in [1.807, 2.05) is 0 Å². The summed E-state index contributed by atoms with van der Waals surface area (Å²) in [6, 6.07) is -0.819. The maximum atomic E-state index is 10.1. The fourth-order valence-electron chi connectivity index (χ4n) is 0.545. The molecule has 10 heavy (non-hydrogen) atoms. The summed E-state index contributed by atoms with van der Waals surface area (Å²) >= 11 is 0. The van der Waals surface area contributed by atoms with Crippen molar-refractivity contribution < 1.29 is 14.7 Å². The molecule has 0 saturated heterocycles. The van der Waals surface area contributed by atoms with Crippen LogP contribution in [0.15, 0.2) is 0 Å². The van der Waals surface area contributed by atoms with Gasteiger partial charge in [0.25, 0.3) is 0 Å². The molecule has 0 saturated carbocycles. The third-order valence-electron chi connectivity index (χ3n) is 1.15. The van der Waals surface area contributed by atoms with E-state index in [0.29, 0.717) is 19.3 Å². The lowest BCUT2D eigenvalue weighted by molar-refractivity contribution is -0.138. The smallest absolute Gasteiger partial charge is 0.320 e. The van der Waals surface area contributed by atoms with Crippen molar-refractivity contribution in [1.82, 2.24) is 0 Å². The summed E-state index contributed by atoms with van der Waals surface area (Å²) in [5.74, 6) is -1.01. The molecule has 4 heteroatoms. The maximum absolute atomic E-state index is 10.1. The molecule has 0 rings (SSSR count). The van der Waals surface area contributed by atoms with Crippen molar-refractivity contribution in [2.45, 2.75) is 25.3 Å². The van der Waals surface area contributed by atoms with E-state index in [-0.39, 0.29) is 0 Å². The summed E-state index contributed by atoms with van der Waals surface area (Å²) in [7, 11) is 0. The molecule has 0 heterocycles. The van der Waals surface area contributed by atoms with Gasteiger partial charge in [-0.1, -0.05) is 0 Å². The fourth-order valence-corrected chi connectivity index (χ4v) is 0.545. The minimum Gasteiger partial charge on any atom is -0.480 e. The maximum Gasteiger partial charge on any atom is 0.320 e. The number of carbonyl (C=O) groups excluding carboxylic acids is 1. The Morgan fingerprint density at radius 3 is 2.70 bits per heavy atom. The third kappa shape index (κ3) is 4.03. The predicted octanol–water partition coefficient (Wildman–Crippen LogP) is -0.233. The average Bonchev–Trinajstić information content (AvgIpc) is 1.88. The van der Waals surface area contributed by atoms with Crippen LogP contribution < -0.4 is 5.73 Å². The second-order valence-corrected chi connectivity index (χ2v) is 2.04. The molecule has 0 aliphatic rings. The first-order valence-corrected chi connectivity index (χ1v) is 3.10. The number of rotatable bonds is 5. The van der Waals surface area contributed by atoms with Crippen LogP contribution in [-0.2, 0) is 9.59 Å². The quantitative estimate of drug-likeness (QED) is 0.413. The van der Waals surface area contributed by atoms with Gasteiger partial charge in [0, 0.05) is 6.42 Å². The normalized spacial score (nSPS) is 12.5. The van der Waals surface area contributed by atoms with Gasteiger partial charge in [-0.2, -0.15) is 0 Å². The Morgan fingerprint density at radius 2 is 2.30 bits per heavy atom. The van der Waals surface area contributed by atoms with E-state index < -0.39 is 12.0 Å². The molecule has 0 radical (unpaired) electrons. The molecule has 0 aromatic carbocycles. The summed E-state index contributed by atoms with van der Waals surface area (Å²) in [6.45, 7) is 0. The van der Waals surface area contributed by atoms with Crippen LogP contribution in [0.3, 0.4) is 0 Å². The molecule has 0 bridgehead atoms. The lowest BCUT2D eigenvalue weighted by atomic mass is 10.1. The fraction of sp³-hybridized carbons (Fsp3) is 0.667. The highest BCUT2D eigenvalue weighted by Gasteiger charge is 2.09. The van der Waals surface area contributed by atoms with Crippen molar-refractivity contribution in [2.24, 2.45) is 5.73 Å². The van der Waals surface area contributed by atoms with Crippen molar-refractivity contribution >= 4 is 12.3 Å². The summed E-state index contributed by atoms with van der Waals surface area (Å²) in [4.78, 5) is 19.8. The van der Waals surface area contributed by atoms with Crippen molar-refractivity contribution in [3.05, 3.63) is 0 Å². The first-order chi connectivity index (χ1) is 4.68. The van der Waals surface area contributed by atoms with Crippen LogP contribution in [-0.4, -0.2) is 23.4 Å². The largest absolute Gasteiger partial charge is 0.480 e. The van der Waals surface area contributed by atoms with Gasteiger partial charge < -0.3 is 15.6 Å². The van der Waals surface area contributed by atoms with E-state index in [2.05, 4.69) is 0 Å². The number of carboxylic acids is 1. The van der Waals surface area contributed by atoms with Crippen LogP contribution >= 0.6 is 0 Å². The Morgan fingerprint density at radius 1 is 1.70 bits per heavy atom. The number of aliphatic carboxylic acids is 1. The monoisotopic (exact) mass is 145 g/mol. The molecule has 58 valence electrons. The number of hydrogen-bond donors (Lipinski definition) is 2. The van der Waals surface area contributed by atoms with E-state index in [0.717, 1.165) is 6.29 Å². The van der Waals surface area contributed by atoms with Crippen LogP contribution in [0.5, 0.6) is 0 Å². The Labute approximate surface area is 59.0 Å². The van der Waals surface area contributed by atoms with Crippen molar-refractivity contribution in [2.75, 3.05) is 0 Å². The minimum atomic E-state index is -1.01. The molecule has 3 N–H and O–H groups in total. The molecular weight excluding hydrogens is 134 g/mol. The second kappa shape index (κ2) is 4.93. The zero-order chi connectivity index (χ0) is 7.98. The van der Waals surface area contributed by atoms with Gasteiger partial charge in [0.2, 0.25) is 0 Å². The molecule has 4 nitrogen and oxygen atoms in total.